The minimum Gasteiger partial charge on any atom is -0.355 e. The molecule has 3 aromatic rings. The van der Waals surface area contributed by atoms with Crippen molar-refractivity contribution in [1.29, 1.82) is 0 Å². The highest BCUT2D eigenvalue weighted by Gasteiger charge is 2.45. The molecule has 1 unspecified atom stereocenters. The summed E-state index contributed by atoms with van der Waals surface area (Å²) in [4.78, 5) is 32.5. The standard InChI is InChI=1S/C24H25ClFN3O5S2/c1-24(2,27(3)4)16-6-8-19(18(26)12-16)28-10-9-20(23(28)31)29(34-14-30)36(32,33)22-11-15-5-7-17(25)13-21(15)35-22/h5-8,11-14,20H,9-10H2,1-4H3. The van der Waals surface area contributed by atoms with E-state index in [1.807, 2.05) is 32.8 Å². The van der Waals surface area contributed by atoms with E-state index < -0.39 is 33.3 Å². The number of benzene rings is 2. The van der Waals surface area contributed by atoms with Gasteiger partial charge in [-0.15, -0.1) is 11.3 Å². The summed E-state index contributed by atoms with van der Waals surface area (Å²) in [6.45, 7) is 3.89. The number of amides is 1. The quantitative estimate of drug-likeness (QED) is 0.304. The zero-order valence-corrected chi connectivity index (χ0v) is 22.5. The summed E-state index contributed by atoms with van der Waals surface area (Å²) in [5.41, 5.74) is 0.296. The van der Waals surface area contributed by atoms with Crippen LogP contribution in [0, 0.1) is 5.82 Å². The molecular weight excluding hydrogens is 529 g/mol. The molecule has 0 aliphatic carbocycles. The number of nitrogens with zero attached hydrogens (tertiary/aromatic N) is 3. The average molecular weight is 554 g/mol. The molecule has 1 atom stereocenters. The predicted molar refractivity (Wildman–Crippen MR) is 137 cm³/mol. The van der Waals surface area contributed by atoms with Crippen molar-refractivity contribution in [1.82, 2.24) is 9.37 Å². The Labute approximate surface area is 217 Å². The van der Waals surface area contributed by atoms with Crippen molar-refractivity contribution < 1.29 is 27.2 Å². The number of carbonyl (C=O) groups is 2. The normalized spacial score (nSPS) is 16.9. The van der Waals surface area contributed by atoms with Crippen molar-refractivity contribution in [3.05, 3.63) is 58.9 Å². The topological polar surface area (TPSA) is 87.2 Å². The fourth-order valence-electron chi connectivity index (χ4n) is 4.00. The lowest BCUT2D eigenvalue weighted by Gasteiger charge is -2.33. The zero-order chi connectivity index (χ0) is 26.4. The molecule has 1 aromatic heterocycles. The number of hydrogen-bond acceptors (Lipinski definition) is 7. The van der Waals surface area contributed by atoms with E-state index in [0.717, 1.165) is 16.9 Å². The Bertz CT molecular complexity index is 1440. The van der Waals surface area contributed by atoms with Crippen molar-refractivity contribution in [2.24, 2.45) is 0 Å². The lowest BCUT2D eigenvalue weighted by molar-refractivity contribution is -0.160. The van der Waals surface area contributed by atoms with Crippen molar-refractivity contribution >= 4 is 61.1 Å². The Balaban J connectivity index is 1.65. The van der Waals surface area contributed by atoms with Gasteiger partial charge >= 0.3 is 6.47 Å². The second-order valence-corrected chi connectivity index (χ2v) is 12.7. The largest absolute Gasteiger partial charge is 0.355 e. The first-order chi connectivity index (χ1) is 16.9. The predicted octanol–water partition coefficient (Wildman–Crippen LogP) is 4.37. The number of fused-ring (bicyclic) bond motifs is 1. The van der Waals surface area contributed by atoms with Crippen LogP contribution in [0.2, 0.25) is 5.02 Å². The van der Waals surface area contributed by atoms with Gasteiger partial charge in [-0.2, -0.15) is 0 Å². The summed E-state index contributed by atoms with van der Waals surface area (Å²) in [6, 6.07) is 9.62. The van der Waals surface area contributed by atoms with Gasteiger partial charge in [0.25, 0.3) is 10.0 Å². The molecule has 4 rings (SSSR count). The van der Waals surface area contributed by atoms with Gasteiger partial charge in [0.05, 0.1) is 5.69 Å². The number of anilines is 1. The van der Waals surface area contributed by atoms with Gasteiger partial charge in [-0.25, -0.2) is 12.8 Å². The maximum Gasteiger partial charge on any atom is 0.314 e. The van der Waals surface area contributed by atoms with Crippen molar-refractivity contribution in [2.45, 2.75) is 36.1 Å². The van der Waals surface area contributed by atoms with E-state index in [-0.39, 0.29) is 29.3 Å². The molecule has 0 saturated carbocycles. The molecule has 0 bridgehead atoms. The van der Waals surface area contributed by atoms with E-state index in [9.17, 15) is 18.0 Å². The Morgan fingerprint density at radius 3 is 2.56 bits per heavy atom. The number of rotatable bonds is 8. The van der Waals surface area contributed by atoms with Crippen molar-refractivity contribution in [3.8, 4) is 0 Å². The molecule has 8 nitrogen and oxygen atoms in total. The molecule has 0 spiro atoms. The summed E-state index contributed by atoms with van der Waals surface area (Å²) < 4.78 is 42.9. The molecule has 192 valence electrons. The highest BCUT2D eigenvalue weighted by atomic mass is 35.5. The third-order valence-corrected chi connectivity index (χ3v) is 10.0. The lowest BCUT2D eigenvalue weighted by atomic mass is 9.92. The number of halogens is 2. The molecule has 36 heavy (non-hydrogen) atoms. The van der Waals surface area contributed by atoms with Crippen LogP contribution in [-0.4, -0.2) is 56.8 Å². The van der Waals surface area contributed by atoms with Crippen LogP contribution in [0.5, 0.6) is 0 Å². The third-order valence-electron chi connectivity index (χ3n) is 6.59. The summed E-state index contributed by atoms with van der Waals surface area (Å²) in [5.74, 6) is -1.30. The Kier molecular flexibility index (Phi) is 7.15. The van der Waals surface area contributed by atoms with Gasteiger partial charge in [0.15, 0.2) is 0 Å². The number of thiophene rings is 1. The van der Waals surface area contributed by atoms with Crippen LogP contribution in [0.15, 0.2) is 46.7 Å². The fourth-order valence-corrected chi connectivity index (χ4v) is 7.11. The molecule has 1 fully saturated rings. The molecule has 1 aliphatic heterocycles. The number of hydroxylamine groups is 1. The fraction of sp³-hybridized carbons (Fsp3) is 0.333. The smallest absolute Gasteiger partial charge is 0.314 e. The van der Waals surface area contributed by atoms with Gasteiger partial charge in [-0.1, -0.05) is 23.7 Å². The van der Waals surface area contributed by atoms with Crippen LogP contribution < -0.4 is 4.90 Å². The second-order valence-electron chi connectivity index (χ2n) is 9.12. The molecule has 1 amide bonds. The van der Waals surface area contributed by atoms with E-state index in [0.29, 0.717) is 19.6 Å². The van der Waals surface area contributed by atoms with E-state index in [1.54, 1.807) is 24.3 Å². The Morgan fingerprint density at radius 1 is 1.19 bits per heavy atom. The first-order valence-corrected chi connectivity index (χ1v) is 13.6. The van der Waals surface area contributed by atoms with E-state index in [1.165, 1.54) is 23.1 Å². The third kappa shape index (κ3) is 4.61. The molecule has 0 radical (unpaired) electrons. The minimum absolute atomic E-state index is 0.00695. The van der Waals surface area contributed by atoms with E-state index in [4.69, 9.17) is 16.4 Å². The van der Waals surface area contributed by atoms with E-state index >= 15 is 4.39 Å². The molecule has 2 heterocycles. The first-order valence-electron chi connectivity index (χ1n) is 11.0. The van der Waals surface area contributed by atoms with Gasteiger partial charge in [0, 0.05) is 21.8 Å². The highest BCUT2D eigenvalue weighted by Crippen LogP contribution is 2.36. The molecule has 0 N–H and O–H groups in total. The molecule has 2 aromatic carbocycles. The molecule has 1 saturated heterocycles. The van der Waals surface area contributed by atoms with Gasteiger partial charge in [0.1, 0.15) is 16.1 Å². The van der Waals surface area contributed by atoms with E-state index in [2.05, 4.69) is 0 Å². The van der Waals surface area contributed by atoms with Crippen LogP contribution >= 0.6 is 22.9 Å². The number of carbonyl (C=O) groups excluding carboxylic acids is 2. The minimum atomic E-state index is -4.40. The molecule has 12 heteroatoms. The maximum absolute atomic E-state index is 15.2. The maximum atomic E-state index is 15.2. The lowest BCUT2D eigenvalue weighted by Crippen LogP contribution is -2.45. The Hall–Kier alpha value is -2.57. The van der Waals surface area contributed by atoms with Crippen molar-refractivity contribution in [2.75, 3.05) is 25.5 Å². The van der Waals surface area contributed by atoms with Gasteiger partial charge in [-0.05, 0) is 80.1 Å². The molecular formula is C24H25ClFN3O5S2. The van der Waals surface area contributed by atoms with Gasteiger partial charge in [0.2, 0.25) is 5.91 Å². The van der Waals surface area contributed by atoms with Crippen LogP contribution in [0.3, 0.4) is 0 Å². The second kappa shape index (κ2) is 9.71. The van der Waals surface area contributed by atoms with Crippen LogP contribution in [0.4, 0.5) is 10.1 Å². The molecule has 1 aliphatic rings. The van der Waals surface area contributed by atoms with Crippen molar-refractivity contribution in [3.63, 3.8) is 0 Å². The SMILES string of the molecule is CN(C)C(C)(C)c1ccc(N2CCC(N(OC=O)S(=O)(=O)c3cc4ccc(Cl)cc4s3)C2=O)c(F)c1. The van der Waals surface area contributed by atoms with Gasteiger partial charge < -0.3 is 14.6 Å². The summed E-state index contributed by atoms with van der Waals surface area (Å²) in [7, 11) is -0.632. The van der Waals surface area contributed by atoms with Crippen LogP contribution in [0.25, 0.3) is 10.1 Å². The number of hydrogen-bond donors (Lipinski definition) is 0. The number of sulfonamides is 1. The van der Waals surface area contributed by atoms with Gasteiger partial charge in [-0.3, -0.25) is 9.59 Å². The summed E-state index contributed by atoms with van der Waals surface area (Å²) in [6.07, 6.45) is 0.00695. The average Bonchev–Trinajstić information content (AvgIpc) is 3.41. The Morgan fingerprint density at radius 2 is 1.92 bits per heavy atom. The zero-order valence-electron chi connectivity index (χ0n) is 20.1. The first kappa shape index (κ1) is 26.5. The highest BCUT2D eigenvalue weighted by molar-refractivity contribution is 7.91. The van der Waals surface area contributed by atoms with Crippen LogP contribution in [0.1, 0.15) is 25.8 Å². The monoisotopic (exact) mass is 553 g/mol. The summed E-state index contributed by atoms with van der Waals surface area (Å²) in [5, 5.41) is 1.08. The van der Waals surface area contributed by atoms with Crippen LogP contribution in [-0.2, 0) is 30.0 Å². The summed E-state index contributed by atoms with van der Waals surface area (Å²) >= 11 is 6.95.